The molecule has 180 valence electrons. The van der Waals surface area contributed by atoms with Crippen LogP contribution >= 0.6 is 0 Å². The zero-order valence-electron chi connectivity index (χ0n) is 19.3. The molecule has 1 fully saturated rings. The minimum Gasteiger partial charge on any atom is -0.369 e. The van der Waals surface area contributed by atoms with Crippen molar-refractivity contribution in [2.24, 2.45) is 0 Å². The second-order valence-corrected chi connectivity index (χ2v) is 8.69. The molecule has 3 aromatic rings. The largest absolute Gasteiger partial charge is 0.416 e. The van der Waals surface area contributed by atoms with Crippen molar-refractivity contribution in [1.29, 1.82) is 0 Å². The van der Waals surface area contributed by atoms with E-state index in [4.69, 9.17) is 0 Å². The fourth-order valence-electron chi connectivity index (χ4n) is 4.28. The van der Waals surface area contributed by atoms with Crippen molar-refractivity contribution >= 4 is 5.69 Å². The van der Waals surface area contributed by atoms with E-state index >= 15 is 0 Å². The monoisotopic (exact) mass is 470 g/mol. The van der Waals surface area contributed by atoms with E-state index in [-0.39, 0.29) is 5.56 Å². The number of halogens is 3. The molecule has 0 N–H and O–H groups in total. The second kappa shape index (κ2) is 10.4. The van der Waals surface area contributed by atoms with Crippen LogP contribution in [0.3, 0.4) is 0 Å². The Morgan fingerprint density at radius 3 is 2.29 bits per heavy atom. The fraction of sp³-hybridized carbons (Fsp3) is 0.385. The van der Waals surface area contributed by atoms with Crippen LogP contribution in [0.2, 0.25) is 0 Å². The van der Waals surface area contributed by atoms with Gasteiger partial charge < -0.3 is 4.90 Å². The summed E-state index contributed by atoms with van der Waals surface area (Å²) in [6, 6.07) is 17.2. The molecule has 0 spiro atoms. The fourth-order valence-corrected chi connectivity index (χ4v) is 4.28. The second-order valence-electron chi connectivity index (χ2n) is 8.69. The summed E-state index contributed by atoms with van der Waals surface area (Å²) in [4.78, 5) is 16.9. The summed E-state index contributed by atoms with van der Waals surface area (Å²) in [5.74, 6) is 0. The van der Waals surface area contributed by atoms with Crippen molar-refractivity contribution in [2.75, 3.05) is 37.6 Å². The lowest BCUT2D eigenvalue weighted by Gasteiger charge is -2.36. The van der Waals surface area contributed by atoms with Gasteiger partial charge in [-0.3, -0.25) is 9.69 Å². The van der Waals surface area contributed by atoms with E-state index in [1.165, 1.54) is 12.1 Å². The van der Waals surface area contributed by atoms with Crippen molar-refractivity contribution in [1.82, 2.24) is 14.7 Å². The lowest BCUT2D eigenvalue weighted by atomic mass is 10.1. The molecular formula is C26H29F3N4O. The summed E-state index contributed by atoms with van der Waals surface area (Å²) < 4.78 is 40.5. The summed E-state index contributed by atoms with van der Waals surface area (Å²) in [5.41, 5.74) is 2.41. The Labute approximate surface area is 197 Å². The van der Waals surface area contributed by atoms with Gasteiger partial charge in [0.2, 0.25) is 0 Å². The maximum atomic E-state index is 13.0. The number of nitrogens with zero attached hydrogens (tertiary/aromatic N) is 4. The Hall–Kier alpha value is -3.13. The topological polar surface area (TPSA) is 41.4 Å². The Bertz CT molecular complexity index is 1150. The Balaban J connectivity index is 1.27. The first-order valence-corrected chi connectivity index (χ1v) is 11.6. The first kappa shape index (κ1) is 24.0. The normalized spacial score (nSPS) is 15.0. The number of aromatic nitrogens is 2. The molecule has 0 aliphatic carbocycles. The average molecular weight is 471 g/mol. The molecule has 1 aliphatic heterocycles. The lowest BCUT2D eigenvalue weighted by Crippen LogP contribution is -2.46. The molecule has 2 aromatic carbocycles. The van der Waals surface area contributed by atoms with E-state index in [0.717, 1.165) is 49.8 Å². The number of piperazine rings is 1. The number of aryl methyl sites for hydroxylation is 2. The molecule has 1 aliphatic rings. The zero-order valence-corrected chi connectivity index (χ0v) is 19.3. The minimum atomic E-state index is -4.33. The predicted octanol–water partition coefficient (Wildman–Crippen LogP) is 4.84. The SMILES string of the molecule is Cc1cc(-c2ccccc2)nn(CCCCN2CCN(c3cccc(C(F)(F)F)c3)CC2)c1=O. The highest BCUT2D eigenvalue weighted by Crippen LogP contribution is 2.31. The van der Waals surface area contributed by atoms with E-state index < -0.39 is 11.7 Å². The van der Waals surface area contributed by atoms with Crippen molar-refractivity contribution in [2.45, 2.75) is 32.5 Å². The molecule has 8 heteroatoms. The number of hydrogen-bond donors (Lipinski definition) is 0. The van der Waals surface area contributed by atoms with Gasteiger partial charge in [-0.1, -0.05) is 36.4 Å². The molecule has 0 amide bonds. The smallest absolute Gasteiger partial charge is 0.369 e. The van der Waals surface area contributed by atoms with E-state index in [1.807, 2.05) is 48.2 Å². The molecule has 0 atom stereocenters. The number of rotatable bonds is 7. The summed E-state index contributed by atoms with van der Waals surface area (Å²) in [6.07, 6.45) is -2.57. The summed E-state index contributed by atoms with van der Waals surface area (Å²) in [5, 5.41) is 4.56. The highest BCUT2D eigenvalue weighted by atomic mass is 19.4. The molecule has 5 nitrogen and oxygen atoms in total. The Morgan fingerprint density at radius 2 is 1.59 bits per heavy atom. The third-order valence-corrected chi connectivity index (χ3v) is 6.23. The standard InChI is InChI=1S/C26H29F3N4O/c1-20-18-24(21-8-3-2-4-9-21)30-33(25(20)34)13-6-5-12-31-14-16-32(17-15-31)23-11-7-10-22(19-23)26(27,28)29/h2-4,7-11,18-19H,5-6,12-17H2,1H3. The molecule has 0 radical (unpaired) electrons. The number of benzene rings is 2. The van der Waals surface area contributed by atoms with Gasteiger partial charge in [-0.05, 0) is 50.6 Å². The summed E-state index contributed by atoms with van der Waals surface area (Å²) in [6.45, 7) is 6.26. The van der Waals surface area contributed by atoms with Gasteiger partial charge >= 0.3 is 6.18 Å². The predicted molar refractivity (Wildman–Crippen MR) is 128 cm³/mol. The molecular weight excluding hydrogens is 441 g/mol. The van der Waals surface area contributed by atoms with E-state index in [9.17, 15) is 18.0 Å². The third kappa shape index (κ3) is 5.86. The van der Waals surface area contributed by atoms with Gasteiger partial charge in [0.15, 0.2) is 0 Å². The summed E-state index contributed by atoms with van der Waals surface area (Å²) >= 11 is 0. The van der Waals surface area contributed by atoms with Crippen LogP contribution in [-0.2, 0) is 12.7 Å². The van der Waals surface area contributed by atoms with Crippen molar-refractivity contribution in [3.8, 4) is 11.3 Å². The number of hydrogen-bond acceptors (Lipinski definition) is 4. The number of alkyl halides is 3. The van der Waals surface area contributed by atoms with Crippen LogP contribution in [0.4, 0.5) is 18.9 Å². The molecule has 4 rings (SSSR count). The van der Waals surface area contributed by atoms with E-state index in [2.05, 4.69) is 10.00 Å². The molecule has 2 heterocycles. The van der Waals surface area contributed by atoms with Gasteiger partial charge in [-0.25, -0.2) is 4.68 Å². The number of anilines is 1. The van der Waals surface area contributed by atoms with Crippen LogP contribution in [0.15, 0.2) is 65.5 Å². The Morgan fingerprint density at radius 1 is 0.882 bits per heavy atom. The zero-order chi connectivity index (χ0) is 24.1. The summed E-state index contributed by atoms with van der Waals surface area (Å²) in [7, 11) is 0. The van der Waals surface area contributed by atoms with Crippen molar-refractivity contribution in [3.63, 3.8) is 0 Å². The first-order chi connectivity index (χ1) is 16.3. The highest BCUT2D eigenvalue weighted by molar-refractivity contribution is 5.58. The number of unbranched alkanes of at least 4 members (excludes halogenated alkanes) is 1. The van der Waals surface area contributed by atoms with Gasteiger partial charge in [-0.15, -0.1) is 0 Å². The molecule has 0 saturated carbocycles. The first-order valence-electron chi connectivity index (χ1n) is 11.6. The molecule has 1 saturated heterocycles. The maximum Gasteiger partial charge on any atom is 0.416 e. The van der Waals surface area contributed by atoms with Crippen LogP contribution < -0.4 is 10.5 Å². The minimum absolute atomic E-state index is 0.0608. The van der Waals surface area contributed by atoms with Gasteiger partial charge in [0.1, 0.15) is 0 Å². The highest BCUT2D eigenvalue weighted by Gasteiger charge is 2.31. The van der Waals surface area contributed by atoms with E-state index in [0.29, 0.717) is 30.9 Å². The molecule has 0 bridgehead atoms. The van der Waals surface area contributed by atoms with E-state index in [1.54, 1.807) is 10.7 Å². The third-order valence-electron chi connectivity index (χ3n) is 6.23. The molecule has 34 heavy (non-hydrogen) atoms. The van der Waals surface area contributed by atoms with Crippen LogP contribution in [0.25, 0.3) is 11.3 Å². The van der Waals surface area contributed by atoms with Crippen LogP contribution in [0.5, 0.6) is 0 Å². The average Bonchev–Trinajstić information content (AvgIpc) is 2.84. The van der Waals surface area contributed by atoms with Crippen LogP contribution in [0, 0.1) is 6.92 Å². The van der Waals surface area contributed by atoms with Gasteiger partial charge in [-0.2, -0.15) is 18.3 Å². The molecule has 0 unspecified atom stereocenters. The van der Waals surface area contributed by atoms with Crippen molar-refractivity contribution in [3.05, 3.63) is 82.1 Å². The van der Waals surface area contributed by atoms with Gasteiger partial charge in [0.25, 0.3) is 5.56 Å². The van der Waals surface area contributed by atoms with Gasteiger partial charge in [0, 0.05) is 49.5 Å². The van der Waals surface area contributed by atoms with Crippen LogP contribution in [0.1, 0.15) is 24.0 Å². The Kier molecular flexibility index (Phi) is 7.36. The lowest BCUT2D eigenvalue weighted by molar-refractivity contribution is -0.137. The van der Waals surface area contributed by atoms with Crippen molar-refractivity contribution < 1.29 is 13.2 Å². The van der Waals surface area contributed by atoms with Gasteiger partial charge in [0.05, 0.1) is 11.3 Å². The molecule has 1 aromatic heterocycles. The maximum absolute atomic E-state index is 13.0. The quantitative estimate of drug-likeness (QED) is 0.464. The van der Waals surface area contributed by atoms with Crippen LogP contribution in [-0.4, -0.2) is 47.4 Å².